The molecule has 9 nitrogen and oxygen atoms in total. The van der Waals surface area contributed by atoms with Crippen LogP contribution in [0.5, 0.6) is 11.5 Å². The molecular weight excluding hydrogens is 688 g/mol. The van der Waals surface area contributed by atoms with Crippen LogP contribution in [0.4, 0.5) is 17.1 Å². The van der Waals surface area contributed by atoms with Gasteiger partial charge < -0.3 is 28.9 Å². The summed E-state index contributed by atoms with van der Waals surface area (Å²) in [6, 6.07) is 26.1. The van der Waals surface area contributed by atoms with Crippen LogP contribution in [-0.4, -0.2) is 79.8 Å². The summed E-state index contributed by atoms with van der Waals surface area (Å²) < 4.78 is 14.2. The van der Waals surface area contributed by atoms with Crippen molar-refractivity contribution in [2.24, 2.45) is 0 Å². The van der Waals surface area contributed by atoms with Gasteiger partial charge in [-0.15, -0.1) is 12.4 Å². The Labute approximate surface area is 319 Å². The molecule has 0 bridgehead atoms. The van der Waals surface area contributed by atoms with Crippen molar-refractivity contribution in [1.29, 1.82) is 0 Å². The number of halogens is 1. The van der Waals surface area contributed by atoms with E-state index in [9.17, 15) is 14.7 Å². The average Bonchev–Trinajstić information content (AvgIpc) is 3.51. The Balaban J connectivity index is 0.00000541. The highest BCUT2D eigenvalue weighted by Gasteiger charge is 2.22. The van der Waals surface area contributed by atoms with E-state index in [0.717, 1.165) is 72.9 Å². The third kappa shape index (κ3) is 8.98. The van der Waals surface area contributed by atoms with E-state index in [4.69, 9.17) is 9.47 Å². The standard InChI is InChI=1S/C43H50N4O5.ClH/c1-30-26-31(2)42(32(3)27-30)44(4)37-18-17-33(43(50)35-29-47(20-10-16-41(48)49)36-13-7-6-12-34(35)36)28-40(37)52-25-11-19-45-21-23-46(24-22-45)38-14-8-9-15-39(38)51-5;/h6-9,12-15,17-18,26-29H,10-11,16,19-25H2,1-5H3,(H,48,49);1H. The number of carbonyl (C=O) groups is 2. The maximum absolute atomic E-state index is 14.2. The second-order valence-corrected chi connectivity index (χ2v) is 13.8. The molecule has 2 heterocycles. The number of fused-ring (bicyclic) bond motifs is 1. The molecule has 280 valence electrons. The Bertz CT molecular complexity index is 2030. The Kier molecular flexibility index (Phi) is 13.1. The molecule has 10 heteroatoms. The van der Waals surface area contributed by atoms with Crippen LogP contribution in [0, 0.1) is 20.8 Å². The Hall–Kier alpha value is -4.99. The number of methoxy groups -OCH3 is 1. The number of carbonyl (C=O) groups excluding carboxylic acids is 1. The van der Waals surface area contributed by atoms with E-state index in [1.807, 2.05) is 65.4 Å². The third-order valence-electron chi connectivity index (χ3n) is 10.1. The summed E-state index contributed by atoms with van der Waals surface area (Å²) in [6.45, 7) is 12.1. The summed E-state index contributed by atoms with van der Waals surface area (Å²) in [5.74, 6) is 0.651. The van der Waals surface area contributed by atoms with Crippen molar-refractivity contribution in [1.82, 2.24) is 9.47 Å². The van der Waals surface area contributed by atoms with E-state index in [1.165, 1.54) is 16.7 Å². The lowest BCUT2D eigenvalue weighted by Gasteiger charge is -2.36. The van der Waals surface area contributed by atoms with Crippen molar-refractivity contribution in [3.8, 4) is 11.5 Å². The smallest absolute Gasteiger partial charge is 0.303 e. The third-order valence-corrected chi connectivity index (χ3v) is 10.1. The summed E-state index contributed by atoms with van der Waals surface area (Å²) in [4.78, 5) is 32.4. The molecule has 0 spiro atoms. The molecule has 6 rings (SSSR count). The molecule has 1 aromatic heterocycles. The fraction of sp³-hybridized carbons (Fsp3) is 0.349. The number of anilines is 3. The maximum Gasteiger partial charge on any atom is 0.303 e. The number of aliphatic carboxylic acids is 1. The number of carboxylic acid groups (broad SMARTS) is 1. The van der Waals surface area contributed by atoms with Gasteiger partial charge >= 0.3 is 5.97 Å². The van der Waals surface area contributed by atoms with Crippen molar-refractivity contribution in [2.45, 2.75) is 46.6 Å². The average molecular weight is 739 g/mol. The van der Waals surface area contributed by atoms with Crippen molar-refractivity contribution in [3.63, 3.8) is 0 Å². The van der Waals surface area contributed by atoms with Gasteiger partial charge in [0.2, 0.25) is 0 Å². The normalized spacial score (nSPS) is 13.1. The zero-order valence-corrected chi connectivity index (χ0v) is 32.2. The Morgan fingerprint density at radius 3 is 2.25 bits per heavy atom. The van der Waals surface area contributed by atoms with Crippen LogP contribution in [0.25, 0.3) is 10.9 Å². The van der Waals surface area contributed by atoms with Gasteiger partial charge in [-0.05, 0) is 81.1 Å². The Morgan fingerprint density at radius 1 is 0.830 bits per heavy atom. The van der Waals surface area contributed by atoms with Crippen LogP contribution in [0.1, 0.15) is 51.9 Å². The summed E-state index contributed by atoms with van der Waals surface area (Å²) in [6.07, 6.45) is 3.27. The van der Waals surface area contributed by atoms with Gasteiger partial charge in [-0.1, -0.05) is 48.0 Å². The van der Waals surface area contributed by atoms with Crippen LogP contribution < -0.4 is 19.3 Å². The van der Waals surface area contributed by atoms with E-state index in [0.29, 0.717) is 36.4 Å². The molecule has 5 aromatic rings. The summed E-state index contributed by atoms with van der Waals surface area (Å²) in [7, 11) is 3.78. The number of nitrogens with zero attached hydrogens (tertiary/aromatic N) is 4. The molecule has 4 aromatic carbocycles. The molecule has 0 amide bonds. The van der Waals surface area contributed by atoms with Crippen molar-refractivity contribution >= 4 is 52.1 Å². The second-order valence-electron chi connectivity index (χ2n) is 13.8. The summed E-state index contributed by atoms with van der Waals surface area (Å²) in [5, 5.41) is 10.0. The van der Waals surface area contributed by atoms with E-state index in [2.05, 4.69) is 66.8 Å². The van der Waals surface area contributed by atoms with Crippen molar-refractivity contribution < 1.29 is 24.2 Å². The van der Waals surface area contributed by atoms with Crippen LogP contribution in [-0.2, 0) is 11.3 Å². The van der Waals surface area contributed by atoms with E-state index in [1.54, 1.807) is 7.11 Å². The van der Waals surface area contributed by atoms with Gasteiger partial charge in [0.1, 0.15) is 11.5 Å². The predicted octanol–water partition coefficient (Wildman–Crippen LogP) is 8.45. The molecule has 1 aliphatic heterocycles. The van der Waals surface area contributed by atoms with Gasteiger partial charge in [0, 0.05) is 86.7 Å². The highest BCUT2D eigenvalue weighted by atomic mass is 35.5. The molecular formula is C43H51ClN4O5. The first-order valence-corrected chi connectivity index (χ1v) is 18.2. The molecule has 1 N–H and O–H groups in total. The zero-order chi connectivity index (χ0) is 36.8. The Morgan fingerprint density at radius 2 is 1.53 bits per heavy atom. The first-order chi connectivity index (χ1) is 25.1. The molecule has 0 saturated carbocycles. The molecule has 1 saturated heterocycles. The quantitative estimate of drug-likeness (QED) is 0.0846. The monoisotopic (exact) mass is 738 g/mol. The van der Waals surface area contributed by atoms with Gasteiger partial charge in [-0.3, -0.25) is 14.5 Å². The second kappa shape index (κ2) is 17.7. The molecule has 0 aliphatic carbocycles. The minimum atomic E-state index is -0.826. The van der Waals surface area contributed by atoms with Gasteiger partial charge in [-0.2, -0.15) is 0 Å². The highest BCUT2D eigenvalue weighted by molar-refractivity contribution is 6.16. The van der Waals surface area contributed by atoms with Gasteiger partial charge in [0.05, 0.1) is 25.1 Å². The van der Waals surface area contributed by atoms with Crippen molar-refractivity contribution in [3.05, 3.63) is 113 Å². The number of carboxylic acids is 1. The topological polar surface area (TPSA) is 87.5 Å². The number of para-hydroxylation sites is 3. The van der Waals surface area contributed by atoms with E-state index < -0.39 is 5.97 Å². The van der Waals surface area contributed by atoms with Crippen LogP contribution in [0.15, 0.2) is 85.1 Å². The first kappa shape index (κ1) is 39.2. The van der Waals surface area contributed by atoms with Crippen molar-refractivity contribution in [2.75, 3.05) is 63.3 Å². The SMILES string of the molecule is COc1ccccc1N1CCN(CCCOc2cc(C(=O)c3cn(CCCC(=O)O)c4ccccc34)ccc2N(C)c2c(C)cc(C)cc2C)CC1.Cl. The molecule has 1 fully saturated rings. The lowest BCUT2D eigenvalue weighted by Crippen LogP contribution is -2.46. The molecule has 1 aliphatic rings. The number of benzene rings is 4. The lowest BCUT2D eigenvalue weighted by molar-refractivity contribution is -0.137. The van der Waals surface area contributed by atoms with Crippen LogP contribution in [0.2, 0.25) is 0 Å². The highest BCUT2D eigenvalue weighted by Crippen LogP contribution is 2.38. The minimum Gasteiger partial charge on any atom is -0.495 e. The van der Waals surface area contributed by atoms with Crippen LogP contribution >= 0.6 is 12.4 Å². The fourth-order valence-corrected chi connectivity index (χ4v) is 7.61. The first-order valence-electron chi connectivity index (χ1n) is 18.2. The number of ether oxygens (including phenoxy) is 2. The van der Waals surface area contributed by atoms with E-state index in [-0.39, 0.29) is 24.6 Å². The summed E-state index contributed by atoms with van der Waals surface area (Å²) in [5.41, 5.74) is 8.78. The van der Waals surface area contributed by atoms with Crippen LogP contribution in [0.3, 0.4) is 0 Å². The predicted molar refractivity (Wildman–Crippen MR) is 216 cm³/mol. The zero-order valence-electron chi connectivity index (χ0n) is 31.4. The van der Waals surface area contributed by atoms with Gasteiger partial charge in [0.15, 0.2) is 5.78 Å². The number of ketones is 1. The fourth-order valence-electron chi connectivity index (χ4n) is 7.61. The number of aromatic nitrogens is 1. The molecule has 0 radical (unpaired) electrons. The number of piperazine rings is 1. The number of hydrogen-bond acceptors (Lipinski definition) is 7. The number of rotatable bonds is 15. The maximum atomic E-state index is 14.2. The largest absolute Gasteiger partial charge is 0.495 e. The lowest BCUT2D eigenvalue weighted by atomic mass is 10.0. The minimum absolute atomic E-state index is 0. The van der Waals surface area contributed by atoms with E-state index >= 15 is 0 Å². The molecule has 0 atom stereocenters. The van der Waals surface area contributed by atoms with Gasteiger partial charge in [0.25, 0.3) is 0 Å². The summed E-state index contributed by atoms with van der Waals surface area (Å²) >= 11 is 0. The number of aryl methyl sites for hydroxylation is 4. The molecule has 0 unspecified atom stereocenters. The van der Waals surface area contributed by atoms with Gasteiger partial charge in [-0.25, -0.2) is 0 Å². The molecule has 53 heavy (non-hydrogen) atoms. The number of hydrogen-bond donors (Lipinski definition) is 1.